The van der Waals surface area contributed by atoms with Crippen LogP contribution in [0, 0.1) is 6.92 Å². The van der Waals surface area contributed by atoms with Crippen molar-refractivity contribution in [2.24, 2.45) is 7.05 Å². The zero-order chi connectivity index (χ0) is 12.4. The molecular weight excluding hydrogens is 208 g/mol. The van der Waals surface area contributed by atoms with Gasteiger partial charge in [0, 0.05) is 31.7 Å². The lowest BCUT2D eigenvalue weighted by Crippen LogP contribution is -2.23. The van der Waals surface area contributed by atoms with Crippen LogP contribution in [0.15, 0.2) is 42.6 Å². The Morgan fingerprint density at radius 1 is 1.12 bits per heavy atom. The average molecular weight is 228 g/mol. The van der Waals surface area contributed by atoms with Crippen molar-refractivity contribution in [3.8, 4) is 0 Å². The Labute approximate surface area is 103 Å². The lowest BCUT2D eigenvalue weighted by Gasteiger charge is -2.29. The smallest absolute Gasteiger partial charge is 0.0662 e. The van der Waals surface area contributed by atoms with Gasteiger partial charge in [0.25, 0.3) is 0 Å². The Balaban J connectivity index is 2.30. The van der Waals surface area contributed by atoms with Crippen molar-refractivity contribution >= 4 is 5.69 Å². The van der Waals surface area contributed by atoms with Crippen LogP contribution in [0.2, 0.25) is 0 Å². The largest absolute Gasteiger partial charge is 0.366 e. The van der Waals surface area contributed by atoms with Crippen LogP contribution in [0.25, 0.3) is 0 Å². The normalized spacial score (nSPS) is 12.5. The number of benzene rings is 1. The fourth-order valence-corrected chi connectivity index (χ4v) is 2.27. The van der Waals surface area contributed by atoms with E-state index in [1.165, 1.54) is 16.9 Å². The molecule has 0 aliphatic carbocycles. The number of aromatic nitrogens is 1. The Morgan fingerprint density at radius 3 is 2.41 bits per heavy atom. The van der Waals surface area contributed by atoms with Crippen LogP contribution in [-0.4, -0.2) is 11.6 Å². The van der Waals surface area contributed by atoms with Gasteiger partial charge in [0.2, 0.25) is 0 Å². The molecule has 0 amide bonds. The van der Waals surface area contributed by atoms with Crippen LogP contribution in [0.3, 0.4) is 0 Å². The van der Waals surface area contributed by atoms with Gasteiger partial charge in [0.05, 0.1) is 6.04 Å². The SMILES string of the molecule is Cc1ccccc1N(C)C(C)c1cccn1C. The third-order valence-corrected chi connectivity index (χ3v) is 3.49. The van der Waals surface area contributed by atoms with Gasteiger partial charge in [0.15, 0.2) is 0 Å². The van der Waals surface area contributed by atoms with Crippen molar-refractivity contribution in [1.29, 1.82) is 0 Å². The molecule has 1 aromatic carbocycles. The molecular formula is C15H20N2. The molecule has 90 valence electrons. The maximum Gasteiger partial charge on any atom is 0.0662 e. The van der Waals surface area contributed by atoms with Crippen LogP contribution in [0.1, 0.15) is 24.2 Å². The van der Waals surface area contributed by atoms with E-state index in [2.05, 4.69) is 80.0 Å². The van der Waals surface area contributed by atoms with E-state index in [9.17, 15) is 0 Å². The highest BCUT2D eigenvalue weighted by Gasteiger charge is 2.15. The molecule has 0 saturated heterocycles. The topological polar surface area (TPSA) is 8.17 Å². The highest BCUT2D eigenvalue weighted by atomic mass is 15.2. The van der Waals surface area contributed by atoms with Gasteiger partial charge >= 0.3 is 0 Å². The van der Waals surface area contributed by atoms with Crippen LogP contribution in [-0.2, 0) is 7.05 Å². The van der Waals surface area contributed by atoms with Crippen LogP contribution < -0.4 is 4.90 Å². The number of rotatable bonds is 3. The Hall–Kier alpha value is -1.70. The van der Waals surface area contributed by atoms with E-state index >= 15 is 0 Å². The van der Waals surface area contributed by atoms with Crippen LogP contribution in [0.4, 0.5) is 5.69 Å². The number of aryl methyl sites for hydroxylation is 2. The van der Waals surface area contributed by atoms with Crippen molar-refractivity contribution in [3.05, 3.63) is 53.9 Å². The second-order valence-electron chi connectivity index (χ2n) is 4.62. The molecule has 0 fully saturated rings. The minimum atomic E-state index is 0.371. The summed E-state index contributed by atoms with van der Waals surface area (Å²) >= 11 is 0. The van der Waals surface area contributed by atoms with Crippen molar-refractivity contribution in [2.45, 2.75) is 19.9 Å². The summed E-state index contributed by atoms with van der Waals surface area (Å²) in [6.45, 7) is 4.39. The van der Waals surface area contributed by atoms with Crippen LogP contribution in [0.5, 0.6) is 0 Å². The van der Waals surface area contributed by atoms with Crippen molar-refractivity contribution in [3.63, 3.8) is 0 Å². The van der Waals surface area contributed by atoms with Gasteiger partial charge in [0.1, 0.15) is 0 Å². The molecule has 2 nitrogen and oxygen atoms in total. The first kappa shape index (κ1) is 11.8. The highest BCUT2D eigenvalue weighted by molar-refractivity contribution is 5.53. The number of para-hydroxylation sites is 1. The molecule has 2 rings (SSSR count). The molecule has 0 bridgehead atoms. The molecule has 0 aliphatic heterocycles. The molecule has 0 spiro atoms. The number of nitrogens with zero attached hydrogens (tertiary/aromatic N) is 2. The van der Waals surface area contributed by atoms with Crippen molar-refractivity contribution in [2.75, 3.05) is 11.9 Å². The van der Waals surface area contributed by atoms with E-state index < -0.39 is 0 Å². The van der Waals surface area contributed by atoms with Crippen molar-refractivity contribution < 1.29 is 0 Å². The number of hydrogen-bond donors (Lipinski definition) is 0. The van der Waals surface area contributed by atoms with Gasteiger partial charge in [-0.1, -0.05) is 18.2 Å². The fourth-order valence-electron chi connectivity index (χ4n) is 2.27. The summed E-state index contributed by atoms with van der Waals surface area (Å²) in [4.78, 5) is 2.32. The van der Waals surface area contributed by atoms with E-state index in [0.29, 0.717) is 6.04 Å². The molecule has 1 aromatic heterocycles. The second-order valence-corrected chi connectivity index (χ2v) is 4.62. The highest BCUT2D eigenvalue weighted by Crippen LogP contribution is 2.27. The lowest BCUT2D eigenvalue weighted by molar-refractivity contribution is 0.670. The van der Waals surface area contributed by atoms with Gasteiger partial charge in [-0.3, -0.25) is 0 Å². The summed E-state index contributed by atoms with van der Waals surface area (Å²) in [6.07, 6.45) is 2.09. The number of anilines is 1. The third kappa shape index (κ3) is 2.21. The van der Waals surface area contributed by atoms with Gasteiger partial charge in [-0.25, -0.2) is 0 Å². The Morgan fingerprint density at radius 2 is 1.82 bits per heavy atom. The van der Waals surface area contributed by atoms with E-state index in [0.717, 1.165) is 0 Å². The minimum Gasteiger partial charge on any atom is -0.366 e. The molecule has 0 N–H and O–H groups in total. The predicted octanol–water partition coefficient (Wildman–Crippen LogP) is 3.53. The molecule has 0 aliphatic rings. The predicted molar refractivity (Wildman–Crippen MR) is 73.4 cm³/mol. The minimum absolute atomic E-state index is 0.371. The standard InChI is InChI=1S/C15H20N2/c1-12-8-5-6-9-14(12)17(4)13(2)15-10-7-11-16(15)3/h5-11,13H,1-4H3. The first-order chi connectivity index (χ1) is 8.11. The molecule has 17 heavy (non-hydrogen) atoms. The fraction of sp³-hybridized carbons (Fsp3) is 0.333. The summed E-state index contributed by atoms with van der Waals surface area (Å²) in [6, 6.07) is 13.2. The van der Waals surface area contributed by atoms with Gasteiger partial charge in [-0.2, -0.15) is 0 Å². The zero-order valence-corrected chi connectivity index (χ0v) is 11.0. The van der Waals surface area contributed by atoms with Gasteiger partial charge < -0.3 is 9.47 Å². The molecule has 1 heterocycles. The zero-order valence-electron chi connectivity index (χ0n) is 11.0. The summed E-state index contributed by atoms with van der Waals surface area (Å²) < 4.78 is 2.18. The van der Waals surface area contributed by atoms with E-state index in [4.69, 9.17) is 0 Å². The maximum atomic E-state index is 2.32. The molecule has 1 unspecified atom stereocenters. The second kappa shape index (κ2) is 4.66. The molecule has 1 atom stereocenters. The van der Waals surface area contributed by atoms with E-state index in [1.807, 2.05) is 0 Å². The first-order valence-electron chi connectivity index (χ1n) is 6.01. The number of hydrogen-bond acceptors (Lipinski definition) is 1. The average Bonchev–Trinajstić information content (AvgIpc) is 2.74. The van der Waals surface area contributed by atoms with Gasteiger partial charge in [-0.05, 0) is 37.6 Å². The summed E-state index contributed by atoms with van der Waals surface area (Å²) in [5, 5.41) is 0. The molecule has 0 saturated carbocycles. The Bertz CT molecular complexity index is 499. The summed E-state index contributed by atoms with van der Waals surface area (Å²) in [5.41, 5.74) is 3.94. The molecule has 2 aromatic rings. The molecule has 2 heteroatoms. The third-order valence-electron chi connectivity index (χ3n) is 3.49. The molecule has 0 radical (unpaired) electrons. The lowest BCUT2D eigenvalue weighted by atomic mass is 10.1. The summed E-state index contributed by atoms with van der Waals surface area (Å²) in [7, 11) is 4.25. The van der Waals surface area contributed by atoms with E-state index in [1.54, 1.807) is 0 Å². The van der Waals surface area contributed by atoms with Crippen LogP contribution >= 0.6 is 0 Å². The van der Waals surface area contributed by atoms with Gasteiger partial charge in [-0.15, -0.1) is 0 Å². The maximum absolute atomic E-state index is 2.32. The van der Waals surface area contributed by atoms with E-state index in [-0.39, 0.29) is 0 Å². The van der Waals surface area contributed by atoms with Crippen molar-refractivity contribution in [1.82, 2.24) is 4.57 Å². The Kier molecular flexibility index (Phi) is 3.23. The first-order valence-corrected chi connectivity index (χ1v) is 6.01. The summed E-state index contributed by atoms with van der Waals surface area (Å²) in [5.74, 6) is 0. The monoisotopic (exact) mass is 228 g/mol. The quantitative estimate of drug-likeness (QED) is 0.780.